The first-order valence-corrected chi connectivity index (χ1v) is 5.72. The Labute approximate surface area is 82.3 Å². The van der Waals surface area contributed by atoms with Gasteiger partial charge in [-0.05, 0) is 49.0 Å². The lowest BCUT2D eigenvalue weighted by atomic mass is 9.60. The van der Waals surface area contributed by atoms with Crippen LogP contribution in [-0.4, -0.2) is 13.1 Å². The van der Waals surface area contributed by atoms with Crippen LogP contribution in [0.2, 0.25) is 0 Å². The molecule has 1 saturated heterocycles. The Kier molecular flexibility index (Phi) is 2.18. The standard InChI is InChI=1S/C12H23N/c1-10-6-11(2,3)8-12(7-10)4-5-13-9-12/h10,13H,4-9H2,1-3H3. The van der Waals surface area contributed by atoms with Crippen LogP contribution in [0.25, 0.3) is 0 Å². The minimum Gasteiger partial charge on any atom is -0.316 e. The molecular weight excluding hydrogens is 158 g/mol. The fraction of sp³-hybridized carbons (Fsp3) is 1.00. The van der Waals surface area contributed by atoms with Crippen molar-refractivity contribution in [3.05, 3.63) is 0 Å². The average molecular weight is 181 g/mol. The van der Waals surface area contributed by atoms with Crippen molar-refractivity contribution in [2.24, 2.45) is 16.7 Å². The Morgan fingerprint density at radius 3 is 2.54 bits per heavy atom. The van der Waals surface area contributed by atoms with Crippen LogP contribution >= 0.6 is 0 Å². The molecule has 0 aromatic carbocycles. The summed E-state index contributed by atoms with van der Waals surface area (Å²) in [6.07, 6.45) is 5.75. The first kappa shape index (κ1) is 9.51. The second-order valence-corrected chi connectivity index (χ2v) is 6.28. The molecule has 0 radical (unpaired) electrons. The van der Waals surface area contributed by atoms with Crippen molar-refractivity contribution in [3.8, 4) is 0 Å². The van der Waals surface area contributed by atoms with Gasteiger partial charge >= 0.3 is 0 Å². The van der Waals surface area contributed by atoms with Crippen molar-refractivity contribution in [2.45, 2.75) is 46.5 Å². The SMILES string of the molecule is CC1CC(C)(C)CC2(CCNC2)C1. The summed E-state index contributed by atoms with van der Waals surface area (Å²) >= 11 is 0. The topological polar surface area (TPSA) is 12.0 Å². The molecule has 2 atom stereocenters. The van der Waals surface area contributed by atoms with Gasteiger partial charge in [-0.25, -0.2) is 0 Å². The first-order valence-electron chi connectivity index (χ1n) is 5.72. The van der Waals surface area contributed by atoms with Gasteiger partial charge in [0.25, 0.3) is 0 Å². The minimum atomic E-state index is 0.587. The molecule has 1 aliphatic carbocycles. The average Bonchev–Trinajstić information content (AvgIpc) is 2.31. The Hall–Kier alpha value is -0.0400. The molecular formula is C12H23N. The third-order valence-electron chi connectivity index (χ3n) is 3.87. The Bertz CT molecular complexity index is 189. The van der Waals surface area contributed by atoms with E-state index in [1.54, 1.807) is 0 Å². The van der Waals surface area contributed by atoms with Crippen molar-refractivity contribution < 1.29 is 0 Å². The van der Waals surface area contributed by atoms with Crippen LogP contribution in [0, 0.1) is 16.7 Å². The van der Waals surface area contributed by atoms with Gasteiger partial charge in [-0.3, -0.25) is 0 Å². The van der Waals surface area contributed by atoms with Crippen LogP contribution in [0.5, 0.6) is 0 Å². The zero-order chi connectivity index (χ0) is 9.53. The molecule has 2 unspecified atom stereocenters. The van der Waals surface area contributed by atoms with E-state index in [4.69, 9.17) is 0 Å². The smallest absolute Gasteiger partial charge is 0.000859 e. The van der Waals surface area contributed by atoms with Crippen LogP contribution < -0.4 is 5.32 Å². The van der Waals surface area contributed by atoms with E-state index < -0.39 is 0 Å². The largest absolute Gasteiger partial charge is 0.316 e. The zero-order valence-corrected chi connectivity index (χ0v) is 9.32. The van der Waals surface area contributed by atoms with E-state index in [1.807, 2.05) is 0 Å². The van der Waals surface area contributed by atoms with Crippen LogP contribution in [0.1, 0.15) is 46.5 Å². The molecule has 0 amide bonds. The lowest BCUT2D eigenvalue weighted by Crippen LogP contribution is -2.38. The van der Waals surface area contributed by atoms with Gasteiger partial charge < -0.3 is 5.32 Å². The van der Waals surface area contributed by atoms with Gasteiger partial charge in [-0.15, -0.1) is 0 Å². The molecule has 0 aromatic rings. The van der Waals surface area contributed by atoms with Crippen LogP contribution in [0.3, 0.4) is 0 Å². The van der Waals surface area contributed by atoms with Crippen LogP contribution in [0.15, 0.2) is 0 Å². The highest BCUT2D eigenvalue weighted by Gasteiger charge is 2.44. The van der Waals surface area contributed by atoms with E-state index in [1.165, 1.54) is 38.8 Å². The van der Waals surface area contributed by atoms with Crippen molar-refractivity contribution >= 4 is 0 Å². The van der Waals surface area contributed by atoms with Gasteiger partial charge in [0.05, 0.1) is 0 Å². The molecule has 1 heterocycles. The predicted octanol–water partition coefficient (Wildman–Crippen LogP) is 2.81. The van der Waals surface area contributed by atoms with Gasteiger partial charge in [0.2, 0.25) is 0 Å². The monoisotopic (exact) mass is 181 g/mol. The van der Waals surface area contributed by atoms with Crippen molar-refractivity contribution in [1.82, 2.24) is 5.32 Å². The summed E-state index contributed by atoms with van der Waals surface area (Å²) in [5, 5.41) is 3.54. The van der Waals surface area contributed by atoms with Gasteiger partial charge in [0.15, 0.2) is 0 Å². The van der Waals surface area contributed by atoms with Crippen molar-refractivity contribution in [3.63, 3.8) is 0 Å². The van der Waals surface area contributed by atoms with E-state index >= 15 is 0 Å². The summed E-state index contributed by atoms with van der Waals surface area (Å²) in [6.45, 7) is 9.86. The lowest BCUT2D eigenvalue weighted by molar-refractivity contribution is 0.0621. The third-order valence-corrected chi connectivity index (χ3v) is 3.87. The maximum absolute atomic E-state index is 3.54. The maximum Gasteiger partial charge on any atom is 0.000859 e. The molecule has 1 saturated carbocycles. The van der Waals surface area contributed by atoms with E-state index in [9.17, 15) is 0 Å². The van der Waals surface area contributed by atoms with Gasteiger partial charge in [0.1, 0.15) is 0 Å². The maximum atomic E-state index is 3.54. The van der Waals surface area contributed by atoms with E-state index in [0.29, 0.717) is 10.8 Å². The molecule has 1 spiro atoms. The molecule has 0 aromatic heterocycles. The minimum absolute atomic E-state index is 0.587. The molecule has 13 heavy (non-hydrogen) atoms. The predicted molar refractivity (Wildman–Crippen MR) is 56.7 cm³/mol. The molecule has 2 rings (SSSR count). The number of hydrogen-bond donors (Lipinski definition) is 1. The van der Waals surface area contributed by atoms with Gasteiger partial charge in [0, 0.05) is 6.54 Å². The molecule has 0 bridgehead atoms. The summed E-state index contributed by atoms with van der Waals surface area (Å²) in [4.78, 5) is 0. The summed E-state index contributed by atoms with van der Waals surface area (Å²) < 4.78 is 0. The van der Waals surface area contributed by atoms with E-state index in [0.717, 1.165) is 5.92 Å². The second kappa shape index (κ2) is 2.98. The highest BCUT2D eigenvalue weighted by atomic mass is 14.9. The van der Waals surface area contributed by atoms with E-state index in [2.05, 4.69) is 26.1 Å². The van der Waals surface area contributed by atoms with Crippen molar-refractivity contribution in [1.29, 1.82) is 0 Å². The van der Waals surface area contributed by atoms with Crippen molar-refractivity contribution in [2.75, 3.05) is 13.1 Å². The third kappa shape index (κ3) is 1.90. The van der Waals surface area contributed by atoms with Crippen LogP contribution in [0.4, 0.5) is 0 Å². The fourth-order valence-corrected chi connectivity index (χ4v) is 4.03. The molecule has 2 aliphatic rings. The first-order chi connectivity index (χ1) is 6.02. The second-order valence-electron chi connectivity index (χ2n) is 6.28. The summed E-state index contributed by atoms with van der Waals surface area (Å²) in [5.74, 6) is 0.934. The van der Waals surface area contributed by atoms with Gasteiger partial charge in [-0.1, -0.05) is 20.8 Å². The zero-order valence-electron chi connectivity index (χ0n) is 9.32. The highest BCUT2D eigenvalue weighted by Crippen LogP contribution is 2.51. The number of rotatable bonds is 0. The number of hydrogen-bond acceptors (Lipinski definition) is 1. The molecule has 1 N–H and O–H groups in total. The Balaban J connectivity index is 2.12. The lowest BCUT2D eigenvalue weighted by Gasteiger charge is -2.45. The normalized spacial score (nSPS) is 44.1. The number of nitrogens with one attached hydrogen (secondary N) is 1. The van der Waals surface area contributed by atoms with Gasteiger partial charge in [-0.2, -0.15) is 0 Å². The molecule has 1 heteroatoms. The highest BCUT2D eigenvalue weighted by molar-refractivity contribution is 4.97. The Morgan fingerprint density at radius 2 is 2.00 bits per heavy atom. The quantitative estimate of drug-likeness (QED) is 0.606. The molecule has 2 fully saturated rings. The summed E-state index contributed by atoms with van der Waals surface area (Å²) in [6, 6.07) is 0. The molecule has 1 nitrogen and oxygen atoms in total. The van der Waals surface area contributed by atoms with Crippen LogP contribution in [-0.2, 0) is 0 Å². The Morgan fingerprint density at radius 1 is 1.23 bits per heavy atom. The summed E-state index contributed by atoms with van der Waals surface area (Å²) in [5.41, 5.74) is 1.25. The summed E-state index contributed by atoms with van der Waals surface area (Å²) in [7, 11) is 0. The van der Waals surface area contributed by atoms with E-state index in [-0.39, 0.29) is 0 Å². The molecule has 76 valence electrons. The molecule has 1 aliphatic heterocycles. The fourth-order valence-electron chi connectivity index (χ4n) is 4.03.